The molecule has 5 nitrogen and oxygen atoms in total. The van der Waals surface area contributed by atoms with Crippen molar-refractivity contribution >= 4 is 11.8 Å². The monoisotopic (exact) mass is 329 g/mol. The third-order valence-corrected chi connectivity index (χ3v) is 4.17. The first-order valence-electron chi connectivity index (χ1n) is 8.04. The molecule has 24 heavy (non-hydrogen) atoms. The van der Waals surface area contributed by atoms with Crippen LogP contribution in [0, 0.1) is 12.7 Å². The van der Waals surface area contributed by atoms with Gasteiger partial charge in [0, 0.05) is 24.4 Å². The molecule has 0 spiro atoms. The fourth-order valence-corrected chi connectivity index (χ4v) is 2.96. The zero-order chi connectivity index (χ0) is 17.1. The van der Waals surface area contributed by atoms with Crippen molar-refractivity contribution in [3.05, 3.63) is 47.4 Å². The molecular formula is C18H20FN3O2. The number of carbonyl (C=O) groups is 2. The lowest BCUT2D eigenvalue weighted by Crippen LogP contribution is -2.40. The Kier molecular flexibility index (Phi) is 4.64. The molecule has 126 valence electrons. The van der Waals surface area contributed by atoms with Crippen molar-refractivity contribution in [1.82, 2.24) is 15.6 Å². The summed E-state index contributed by atoms with van der Waals surface area (Å²) in [6.45, 7) is 2.55. The van der Waals surface area contributed by atoms with E-state index in [1.807, 2.05) is 13.0 Å². The van der Waals surface area contributed by atoms with Crippen molar-refractivity contribution in [3.8, 4) is 11.3 Å². The summed E-state index contributed by atoms with van der Waals surface area (Å²) >= 11 is 0. The number of benzene rings is 1. The molecule has 2 amide bonds. The lowest BCUT2D eigenvalue weighted by atomic mass is 10.0. The van der Waals surface area contributed by atoms with Crippen LogP contribution in [0.3, 0.4) is 0 Å². The first kappa shape index (κ1) is 16.2. The molecule has 1 aliphatic heterocycles. The molecule has 1 saturated heterocycles. The number of halogens is 1. The Labute approximate surface area is 139 Å². The Balaban J connectivity index is 1.66. The van der Waals surface area contributed by atoms with Gasteiger partial charge in [0.1, 0.15) is 11.9 Å². The highest BCUT2D eigenvalue weighted by molar-refractivity contribution is 5.89. The van der Waals surface area contributed by atoms with E-state index < -0.39 is 6.04 Å². The van der Waals surface area contributed by atoms with E-state index in [-0.39, 0.29) is 17.6 Å². The minimum atomic E-state index is -0.415. The zero-order valence-corrected chi connectivity index (χ0v) is 13.5. The molecule has 0 bridgehead atoms. The van der Waals surface area contributed by atoms with E-state index in [2.05, 4.69) is 15.6 Å². The predicted molar refractivity (Wildman–Crippen MR) is 88.8 cm³/mol. The minimum absolute atomic E-state index is 0.118. The number of carbonyl (C=O) groups excluding carboxylic acids is 2. The second-order valence-corrected chi connectivity index (χ2v) is 6.06. The number of aromatic amines is 1. The quantitative estimate of drug-likeness (QED) is 0.785. The zero-order valence-electron chi connectivity index (χ0n) is 13.5. The molecule has 1 aromatic heterocycles. The van der Waals surface area contributed by atoms with Gasteiger partial charge in [-0.2, -0.15) is 0 Å². The molecule has 3 N–H and O–H groups in total. The molecule has 1 fully saturated rings. The number of hydrogen-bond acceptors (Lipinski definition) is 2. The highest BCUT2D eigenvalue weighted by Crippen LogP contribution is 2.25. The van der Waals surface area contributed by atoms with Gasteiger partial charge in [-0.3, -0.25) is 9.59 Å². The van der Waals surface area contributed by atoms with Gasteiger partial charge in [-0.25, -0.2) is 4.39 Å². The standard InChI is InChI=1S/C18H20FN3O2/c1-11-10-13(17(21-11)12-2-5-14(19)6-3-12)4-7-16(23)22-15-8-9-20-18(15)24/h2-3,5-6,10,15,21H,4,7-9H2,1H3,(H,20,24)(H,22,23). The Morgan fingerprint density at radius 2 is 2.08 bits per heavy atom. The SMILES string of the molecule is Cc1cc(CCC(=O)NC2CCNC2=O)c(-c2ccc(F)cc2)[nH]1. The van der Waals surface area contributed by atoms with Crippen LogP contribution in [0.2, 0.25) is 0 Å². The van der Waals surface area contributed by atoms with Gasteiger partial charge in [0.15, 0.2) is 0 Å². The molecule has 2 aromatic rings. The topological polar surface area (TPSA) is 74.0 Å². The molecule has 1 unspecified atom stereocenters. The maximum atomic E-state index is 13.1. The third kappa shape index (κ3) is 3.64. The van der Waals surface area contributed by atoms with Crippen LogP contribution in [-0.4, -0.2) is 29.4 Å². The molecule has 1 aromatic carbocycles. The van der Waals surface area contributed by atoms with Crippen molar-refractivity contribution in [2.45, 2.75) is 32.2 Å². The summed E-state index contributed by atoms with van der Waals surface area (Å²) in [4.78, 5) is 26.8. The highest BCUT2D eigenvalue weighted by atomic mass is 19.1. The van der Waals surface area contributed by atoms with Gasteiger partial charge >= 0.3 is 0 Å². The van der Waals surface area contributed by atoms with Crippen molar-refractivity contribution in [3.63, 3.8) is 0 Å². The van der Waals surface area contributed by atoms with E-state index >= 15 is 0 Å². The number of aryl methyl sites for hydroxylation is 2. The van der Waals surface area contributed by atoms with Crippen LogP contribution in [0.25, 0.3) is 11.3 Å². The smallest absolute Gasteiger partial charge is 0.242 e. The van der Waals surface area contributed by atoms with Crippen molar-refractivity contribution in [1.29, 1.82) is 0 Å². The van der Waals surface area contributed by atoms with Crippen LogP contribution in [0.15, 0.2) is 30.3 Å². The number of hydrogen-bond donors (Lipinski definition) is 3. The molecular weight excluding hydrogens is 309 g/mol. The van der Waals surface area contributed by atoms with Gasteiger partial charge in [0.05, 0.1) is 0 Å². The van der Waals surface area contributed by atoms with Gasteiger partial charge < -0.3 is 15.6 Å². The van der Waals surface area contributed by atoms with Crippen LogP contribution in [-0.2, 0) is 16.0 Å². The van der Waals surface area contributed by atoms with Crippen LogP contribution in [0.1, 0.15) is 24.1 Å². The Hall–Kier alpha value is -2.63. The van der Waals surface area contributed by atoms with Gasteiger partial charge in [0.2, 0.25) is 11.8 Å². The maximum absolute atomic E-state index is 13.1. The lowest BCUT2D eigenvalue weighted by Gasteiger charge is -2.10. The van der Waals surface area contributed by atoms with Crippen LogP contribution in [0.4, 0.5) is 4.39 Å². The number of rotatable bonds is 5. The summed E-state index contributed by atoms with van der Waals surface area (Å²) in [5, 5.41) is 5.46. The summed E-state index contributed by atoms with van der Waals surface area (Å²) in [5.74, 6) is -0.536. The van der Waals surface area contributed by atoms with E-state index in [1.54, 1.807) is 12.1 Å². The van der Waals surface area contributed by atoms with E-state index in [9.17, 15) is 14.0 Å². The largest absolute Gasteiger partial charge is 0.358 e. The fraction of sp³-hybridized carbons (Fsp3) is 0.333. The molecule has 6 heteroatoms. The average molecular weight is 329 g/mol. The van der Waals surface area contributed by atoms with E-state index in [0.29, 0.717) is 25.8 Å². The predicted octanol–water partition coefficient (Wildman–Crippen LogP) is 2.07. The second kappa shape index (κ2) is 6.86. The summed E-state index contributed by atoms with van der Waals surface area (Å²) in [7, 11) is 0. The minimum Gasteiger partial charge on any atom is -0.358 e. The van der Waals surface area contributed by atoms with Crippen LogP contribution < -0.4 is 10.6 Å². The Bertz CT molecular complexity index is 752. The van der Waals surface area contributed by atoms with Gasteiger partial charge in [0.25, 0.3) is 0 Å². The van der Waals surface area contributed by atoms with Crippen molar-refractivity contribution in [2.24, 2.45) is 0 Å². The highest BCUT2D eigenvalue weighted by Gasteiger charge is 2.25. The summed E-state index contributed by atoms with van der Waals surface area (Å²) in [6.07, 6.45) is 1.49. The van der Waals surface area contributed by atoms with Gasteiger partial charge in [-0.15, -0.1) is 0 Å². The molecule has 1 aliphatic rings. The Morgan fingerprint density at radius 3 is 2.75 bits per heavy atom. The van der Waals surface area contributed by atoms with Gasteiger partial charge in [-0.05, 0) is 61.2 Å². The first-order valence-corrected chi connectivity index (χ1v) is 8.04. The average Bonchev–Trinajstić information content (AvgIpc) is 3.12. The summed E-state index contributed by atoms with van der Waals surface area (Å²) < 4.78 is 13.1. The number of H-pyrrole nitrogens is 1. The van der Waals surface area contributed by atoms with Crippen LogP contribution >= 0.6 is 0 Å². The lowest BCUT2D eigenvalue weighted by molar-refractivity contribution is -0.127. The summed E-state index contributed by atoms with van der Waals surface area (Å²) in [5.41, 5.74) is 3.78. The van der Waals surface area contributed by atoms with E-state index in [4.69, 9.17) is 0 Å². The number of amides is 2. The molecule has 0 radical (unpaired) electrons. The molecule has 1 atom stereocenters. The fourth-order valence-electron chi connectivity index (χ4n) is 2.96. The first-order chi connectivity index (χ1) is 11.5. The van der Waals surface area contributed by atoms with Crippen molar-refractivity contribution in [2.75, 3.05) is 6.54 Å². The molecule has 3 rings (SSSR count). The van der Waals surface area contributed by atoms with Crippen LogP contribution in [0.5, 0.6) is 0 Å². The molecule has 0 aliphatic carbocycles. The molecule has 0 saturated carbocycles. The third-order valence-electron chi connectivity index (χ3n) is 4.17. The normalized spacial score (nSPS) is 16.9. The Morgan fingerprint density at radius 1 is 1.33 bits per heavy atom. The van der Waals surface area contributed by atoms with E-state index in [1.165, 1.54) is 12.1 Å². The van der Waals surface area contributed by atoms with Gasteiger partial charge in [-0.1, -0.05) is 0 Å². The molecule has 2 heterocycles. The second-order valence-electron chi connectivity index (χ2n) is 6.06. The van der Waals surface area contributed by atoms with E-state index in [0.717, 1.165) is 22.5 Å². The number of nitrogens with one attached hydrogen (secondary N) is 3. The number of aromatic nitrogens is 1. The maximum Gasteiger partial charge on any atom is 0.242 e. The summed E-state index contributed by atoms with van der Waals surface area (Å²) in [6, 6.07) is 7.84. The van der Waals surface area contributed by atoms with Crippen molar-refractivity contribution < 1.29 is 14.0 Å².